The normalized spacial score (nSPS) is 11.6. The molecule has 1 heterocycles. The predicted octanol–water partition coefficient (Wildman–Crippen LogP) is 6.32. The average Bonchev–Trinajstić information content (AvgIpc) is 2.78. The van der Waals surface area contributed by atoms with Crippen molar-refractivity contribution < 1.29 is 36.2 Å². The van der Waals surface area contributed by atoms with Gasteiger partial charge in [-0.25, -0.2) is 14.8 Å². The number of hydrogen-bond acceptors (Lipinski definition) is 5. The van der Waals surface area contributed by atoms with Gasteiger partial charge in [0.25, 0.3) is 0 Å². The van der Waals surface area contributed by atoms with Gasteiger partial charge in [-0.2, -0.15) is 26.3 Å². The smallest absolute Gasteiger partial charge is 0.416 e. The number of alkyl halides is 6. The Bertz CT molecular complexity index is 1150. The number of nitrogens with one attached hydrogen (secondary N) is 1. The van der Waals surface area contributed by atoms with Crippen LogP contribution in [-0.2, 0) is 18.9 Å². The zero-order valence-electron chi connectivity index (χ0n) is 18.8. The van der Waals surface area contributed by atoms with Gasteiger partial charge < -0.3 is 10.4 Å². The molecular formula is C23H21F6N3O2S. The highest BCUT2D eigenvalue weighted by Crippen LogP contribution is 2.36. The molecule has 2 N–H and O–H groups in total. The fourth-order valence-corrected chi connectivity index (χ4v) is 3.37. The standard InChI is InChI=1S/C13H12N2O2S.C10H9F6N/c1-8-5-3-4-6-9(8)10-7-14-13(18-2)15-11(10)12(16)17;1-17-5-6-2-7(9(11,12)13)4-8(3-6)10(14,15)16/h3-7H,1-2H3,(H,16,17);2-4,17H,5H2,1H3. The van der Waals surface area contributed by atoms with Crippen LogP contribution in [0.3, 0.4) is 0 Å². The van der Waals surface area contributed by atoms with E-state index in [-0.39, 0.29) is 23.9 Å². The first-order valence-electron chi connectivity index (χ1n) is 9.91. The number of benzene rings is 2. The molecule has 0 saturated carbocycles. The van der Waals surface area contributed by atoms with E-state index in [1.807, 2.05) is 37.4 Å². The molecule has 0 saturated heterocycles. The Hall–Kier alpha value is -3.12. The van der Waals surface area contributed by atoms with E-state index in [0.717, 1.165) is 11.1 Å². The van der Waals surface area contributed by atoms with Gasteiger partial charge in [-0.1, -0.05) is 36.0 Å². The van der Waals surface area contributed by atoms with Crippen molar-refractivity contribution in [1.29, 1.82) is 0 Å². The Labute approximate surface area is 201 Å². The summed E-state index contributed by atoms with van der Waals surface area (Å²) in [6.45, 7) is 1.87. The summed E-state index contributed by atoms with van der Waals surface area (Å²) in [6.07, 6.45) is -6.19. The van der Waals surface area contributed by atoms with Crippen LogP contribution in [0.4, 0.5) is 26.3 Å². The fraction of sp³-hybridized carbons (Fsp3) is 0.261. The second kappa shape index (κ2) is 11.5. The maximum absolute atomic E-state index is 12.4. The van der Waals surface area contributed by atoms with Crippen molar-refractivity contribution >= 4 is 17.7 Å². The molecule has 0 radical (unpaired) electrons. The molecule has 0 atom stereocenters. The molecule has 0 aliphatic carbocycles. The third-order valence-corrected chi connectivity index (χ3v) is 5.18. The molecular weight excluding hydrogens is 496 g/mol. The molecule has 1 aromatic heterocycles. The minimum atomic E-state index is -4.79. The van der Waals surface area contributed by atoms with E-state index in [1.165, 1.54) is 18.8 Å². The number of thioether (sulfide) groups is 1. The molecule has 0 amide bonds. The molecule has 0 spiro atoms. The van der Waals surface area contributed by atoms with Crippen LogP contribution in [0.15, 0.2) is 53.8 Å². The molecule has 5 nitrogen and oxygen atoms in total. The van der Waals surface area contributed by atoms with E-state index < -0.39 is 29.4 Å². The molecule has 3 rings (SSSR count). The Kier molecular flexibility index (Phi) is 9.27. The number of aromatic nitrogens is 2. The van der Waals surface area contributed by atoms with Gasteiger partial charge >= 0.3 is 18.3 Å². The van der Waals surface area contributed by atoms with Gasteiger partial charge in [0.15, 0.2) is 10.9 Å². The second-order valence-corrected chi connectivity index (χ2v) is 7.96. The van der Waals surface area contributed by atoms with E-state index in [9.17, 15) is 36.2 Å². The van der Waals surface area contributed by atoms with Gasteiger partial charge in [-0.05, 0) is 55.1 Å². The van der Waals surface area contributed by atoms with Crippen molar-refractivity contribution in [2.45, 2.75) is 31.0 Å². The molecule has 0 aliphatic rings. The number of hydrogen-bond donors (Lipinski definition) is 2. The lowest BCUT2D eigenvalue weighted by molar-refractivity contribution is -0.143. The van der Waals surface area contributed by atoms with Gasteiger partial charge in [0, 0.05) is 18.3 Å². The summed E-state index contributed by atoms with van der Waals surface area (Å²) in [4.78, 5) is 19.5. The van der Waals surface area contributed by atoms with E-state index in [4.69, 9.17) is 0 Å². The van der Waals surface area contributed by atoms with Crippen molar-refractivity contribution in [3.8, 4) is 11.1 Å². The third-order valence-electron chi connectivity index (χ3n) is 4.62. The highest BCUT2D eigenvalue weighted by molar-refractivity contribution is 7.98. The van der Waals surface area contributed by atoms with Crippen LogP contribution in [0.5, 0.6) is 0 Å². The summed E-state index contributed by atoms with van der Waals surface area (Å²) in [7, 11) is 1.44. The van der Waals surface area contributed by atoms with Crippen LogP contribution in [-0.4, -0.2) is 34.3 Å². The molecule has 35 heavy (non-hydrogen) atoms. The zero-order chi connectivity index (χ0) is 26.4. The molecule has 2 aromatic carbocycles. The van der Waals surface area contributed by atoms with Gasteiger partial charge in [0.05, 0.1) is 11.1 Å². The summed E-state index contributed by atoms with van der Waals surface area (Å²) < 4.78 is 74.3. The average molecular weight is 517 g/mol. The molecule has 0 unspecified atom stereocenters. The van der Waals surface area contributed by atoms with Crippen molar-refractivity contribution in [2.24, 2.45) is 0 Å². The Morgan fingerprint density at radius 3 is 2.03 bits per heavy atom. The van der Waals surface area contributed by atoms with Crippen LogP contribution in [0, 0.1) is 6.92 Å². The number of carboxylic acid groups (broad SMARTS) is 1. The Balaban J connectivity index is 0.000000247. The topological polar surface area (TPSA) is 75.1 Å². The number of rotatable bonds is 5. The summed E-state index contributed by atoms with van der Waals surface area (Å²) >= 11 is 1.32. The van der Waals surface area contributed by atoms with Crippen molar-refractivity contribution in [3.05, 3.63) is 76.6 Å². The number of carbonyl (C=O) groups is 1. The minimum absolute atomic E-state index is 0.0450. The van der Waals surface area contributed by atoms with Crippen molar-refractivity contribution in [1.82, 2.24) is 15.3 Å². The lowest BCUT2D eigenvalue weighted by Crippen LogP contribution is -2.14. The number of aryl methyl sites for hydroxylation is 1. The van der Waals surface area contributed by atoms with E-state index in [0.29, 0.717) is 22.9 Å². The SMILES string of the molecule is CNCc1cc(C(F)(F)F)cc(C(F)(F)F)c1.CSc1ncc(-c2ccccc2C)c(C(=O)O)n1. The number of carboxylic acids is 1. The highest BCUT2D eigenvalue weighted by Gasteiger charge is 2.36. The second-order valence-electron chi connectivity index (χ2n) is 7.18. The number of nitrogens with zero attached hydrogens (tertiary/aromatic N) is 2. The largest absolute Gasteiger partial charge is 0.476 e. The Morgan fingerprint density at radius 2 is 1.57 bits per heavy atom. The van der Waals surface area contributed by atoms with E-state index in [2.05, 4.69) is 15.3 Å². The lowest BCUT2D eigenvalue weighted by Gasteiger charge is -2.13. The minimum Gasteiger partial charge on any atom is -0.476 e. The first kappa shape index (κ1) is 28.1. The first-order chi connectivity index (χ1) is 16.3. The lowest BCUT2D eigenvalue weighted by atomic mass is 10.0. The van der Waals surface area contributed by atoms with E-state index >= 15 is 0 Å². The summed E-state index contributed by atoms with van der Waals surface area (Å²) in [6, 6.07) is 9.10. The molecule has 188 valence electrons. The number of halogens is 6. The van der Waals surface area contributed by atoms with Crippen LogP contribution in [0.2, 0.25) is 0 Å². The third kappa shape index (κ3) is 7.69. The Morgan fingerprint density at radius 1 is 1.00 bits per heavy atom. The van der Waals surface area contributed by atoms with Gasteiger partial charge in [0.2, 0.25) is 0 Å². The number of aromatic carboxylic acids is 1. The summed E-state index contributed by atoms with van der Waals surface area (Å²) in [5, 5.41) is 12.2. The predicted molar refractivity (Wildman–Crippen MR) is 120 cm³/mol. The van der Waals surface area contributed by atoms with E-state index in [1.54, 1.807) is 6.20 Å². The van der Waals surface area contributed by atoms with Crippen LogP contribution < -0.4 is 5.32 Å². The first-order valence-corrected chi connectivity index (χ1v) is 11.1. The van der Waals surface area contributed by atoms with Gasteiger partial charge in [-0.15, -0.1) is 0 Å². The monoisotopic (exact) mass is 517 g/mol. The summed E-state index contributed by atoms with van der Waals surface area (Å²) in [5.74, 6) is -1.04. The van der Waals surface area contributed by atoms with Crippen molar-refractivity contribution in [3.63, 3.8) is 0 Å². The quantitative estimate of drug-likeness (QED) is 0.235. The maximum atomic E-state index is 12.4. The summed E-state index contributed by atoms with van der Waals surface area (Å²) in [5.41, 5.74) is -0.199. The maximum Gasteiger partial charge on any atom is 0.416 e. The van der Waals surface area contributed by atoms with Gasteiger partial charge in [0.1, 0.15) is 0 Å². The van der Waals surface area contributed by atoms with Crippen molar-refractivity contribution in [2.75, 3.05) is 13.3 Å². The highest BCUT2D eigenvalue weighted by atomic mass is 32.2. The van der Waals surface area contributed by atoms with Crippen LogP contribution in [0.25, 0.3) is 11.1 Å². The molecule has 0 aliphatic heterocycles. The molecule has 3 aromatic rings. The van der Waals surface area contributed by atoms with Crippen LogP contribution >= 0.6 is 11.8 Å². The fourth-order valence-electron chi connectivity index (χ4n) is 3.02. The molecule has 0 fully saturated rings. The van der Waals surface area contributed by atoms with Crippen LogP contribution in [0.1, 0.15) is 32.7 Å². The molecule has 0 bridgehead atoms. The zero-order valence-corrected chi connectivity index (χ0v) is 19.6. The molecule has 12 heteroatoms. The van der Waals surface area contributed by atoms with Gasteiger partial charge in [-0.3, -0.25) is 0 Å².